The Hall–Kier alpha value is -2.63. The molecule has 1 N–H and O–H groups in total. The van der Waals surface area contributed by atoms with Crippen LogP contribution in [0.5, 0.6) is 0 Å². The minimum absolute atomic E-state index is 0.287. The molecule has 2 atom stereocenters. The van der Waals surface area contributed by atoms with Crippen molar-refractivity contribution < 1.29 is 18.8 Å². The summed E-state index contributed by atoms with van der Waals surface area (Å²) >= 11 is 0. The monoisotopic (exact) mass is 344 g/mol. The summed E-state index contributed by atoms with van der Waals surface area (Å²) in [7, 11) is 1.32. The number of aromatic nitrogens is 1. The highest BCUT2D eigenvalue weighted by Gasteiger charge is 2.42. The van der Waals surface area contributed by atoms with Crippen LogP contribution in [-0.2, 0) is 19.9 Å². The molecule has 134 valence electrons. The van der Waals surface area contributed by atoms with Crippen molar-refractivity contribution in [2.24, 2.45) is 0 Å². The van der Waals surface area contributed by atoms with Crippen molar-refractivity contribution in [2.75, 3.05) is 7.11 Å². The third-order valence-electron chi connectivity index (χ3n) is 4.58. The number of aryl methyl sites for hydroxylation is 2. The SMILES string of the molecule is CC[C@@](NC(=O)[C@@H](C)c1c(C)noc1C)(C(=O)OC)c1ccccc1. The van der Waals surface area contributed by atoms with Crippen LogP contribution in [-0.4, -0.2) is 24.1 Å². The lowest BCUT2D eigenvalue weighted by Crippen LogP contribution is -2.53. The average Bonchev–Trinajstić information content (AvgIpc) is 2.97. The number of rotatable bonds is 6. The average molecular weight is 344 g/mol. The Bertz CT molecular complexity index is 735. The Morgan fingerprint density at radius 1 is 1.28 bits per heavy atom. The maximum atomic E-state index is 12.9. The Balaban J connectivity index is 2.40. The van der Waals surface area contributed by atoms with Gasteiger partial charge in [0.1, 0.15) is 5.76 Å². The van der Waals surface area contributed by atoms with Crippen molar-refractivity contribution in [3.63, 3.8) is 0 Å². The lowest BCUT2D eigenvalue weighted by atomic mass is 9.86. The van der Waals surface area contributed by atoms with Crippen molar-refractivity contribution in [1.29, 1.82) is 0 Å². The number of nitrogens with one attached hydrogen (secondary N) is 1. The number of hydrogen-bond donors (Lipinski definition) is 1. The van der Waals surface area contributed by atoms with Gasteiger partial charge in [0.25, 0.3) is 0 Å². The molecule has 0 spiro atoms. The van der Waals surface area contributed by atoms with Crippen LogP contribution >= 0.6 is 0 Å². The predicted octanol–water partition coefficient (Wildman–Crippen LogP) is 2.99. The lowest BCUT2D eigenvalue weighted by Gasteiger charge is -2.32. The standard InChI is InChI=1S/C19H24N2O4/c1-6-19(18(23)24-5,15-10-8-7-9-11-15)20-17(22)12(2)16-13(3)21-25-14(16)4/h7-12H,6H2,1-5H3,(H,20,22)/t12-,19-/m0/s1. The molecule has 0 saturated heterocycles. The molecule has 0 aliphatic carbocycles. The third kappa shape index (κ3) is 3.43. The fourth-order valence-electron chi connectivity index (χ4n) is 3.13. The molecule has 0 aliphatic rings. The second-order valence-corrected chi connectivity index (χ2v) is 6.07. The quantitative estimate of drug-likeness (QED) is 0.815. The molecule has 0 fully saturated rings. The van der Waals surface area contributed by atoms with Crippen LogP contribution in [0.2, 0.25) is 0 Å². The molecule has 1 heterocycles. The number of benzene rings is 1. The van der Waals surface area contributed by atoms with Gasteiger partial charge in [-0.25, -0.2) is 4.79 Å². The van der Waals surface area contributed by atoms with Gasteiger partial charge in [-0.05, 0) is 32.8 Å². The second kappa shape index (κ2) is 7.51. The van der Waals surface area contributed by atoms with Gasteiger partial charge in [-0.15, -0.1) is 0 Å². The Labute approximate surface area is 147 Å². The molecular formula is C19H24N2O4. The van der Waals surface area contributed by atoms with E-state index in [4.69, 9.17) is 9.26 Å². The molecule has 0 unspecified atom stereocenters. The minimum Gasteiger partial charge on any atom is -0.467 e. The zero-order valence-electron chi connectivity index (χ0n) is 15.3. The minimum atomic E-state index is -1.24. The van der Waals surface area contributed by atoms with E-state index in [0.717, 1.165) is 5.56 Å². The molecule has 25 heavy (non-hydrogen) atoms. The first-order chi connectivity index (χ1) is 11.9. The fourth-order valence-corrected chi connectivity index (χ4v) is 3.13. The number of hydrogen-bond acceptors (Lipinski definition) is 5. The topological polar surface area (TPSA) is 81.4 Å². The molecule has 1 amide bonds. The fraction of sp³-hybridized carbons (Fsp3) is 0.421. The normalized spacial score (nSPS) is 14.4. The summed E-state index contributed by atoms with van der Waals surface area (Å²) in [4.78, 5) is 25.5. The van der Waals surface area contributed by atoms with Crippen LogP contribution in [0.15, 0.2) is 34.9 Å². The number of amides is 1. The number of carbonyl (C=O) groups is 2. The second-order valence-electron chi connectivity index (χ2n) is 6.07. The lowest BCUT2D eigenvalue weighted by molar-refractivity contribution is -0.152. The zero-order valence-corrected chi connectivity index (χ0v) is 15.3. The van der Waals surface area contributed by atoms with E-state index in [9.17, 15) is 9.59 Å². The van der Waals surface area contributed by atoms with E-state index in [1.807, 2.05) is 25.1 Å². The van der Waals surface area contributed by atoms with Gasteiger partial charge in [0.05, 0.1) is 18.7 Å². The number of nitrogens with zero attached hydrogens (tertiary/aromatic N) is 1. The van der Waals surface area contributed by atoms with Crippen molar-refractivity contribution in [1.82, 2.24) is 10.5 Å². The molecule has 6 nitrogen and oxygen atoms in total. The molecule has 0 bridgehead atoms. The van der Waals surface area contributed by atoms with Crippen LogP contribution in [0.3, 0.4) is 0 Å². The van der Waals surface area contributed by atoms with Crippen molar-refractivity contribution in [3.8, 4) is 0 Å². The number of esters is 1. The van der Waals surface area contributed by atoms with Gasteiger partial charge >= 0.3 is 5.97 Å². The van der Waals surface area contributed by atoms with Gasteiger partial charge in [-0.1, -0.05) is 42.4 Å². The summed E-state index contributed by atoms with van der Waals surface area (Å²) in [6, 6.07) is 9.12. The highest BCUT2D eigenvalue weighted by molar-refractivity contribution is 5.92. The van der Waals surface area contributed by atoms with Crippen LogP contribution in [0, 0.1) is 13.8 Å². The van der Waals surface area contributed by atoms with E-state index in [1.54, 1.807) is 32.9 Å². The smallest absolute Gasteiger partial charge is 0.336 e. The molecule has 0 saturated carbocycles. The van der Waals surface area contributed by atoms with Crippen LogP contribution < -0.4 is 5.32 Å². The van der Waals surface area contributed by atoms with Crippen LogP contribution in [0.25, 0.3) is 0 Å². The summed E-state index contributed by atoms with van der Waals surface area (Å²) in [6.07, 6.45) is 0.365. The first-order valence-corrected chi connectivity index (χ1v) is 8.26. The Kier molecular flexibility index (Phi) is 5.62. The molecular weight excluding hydrogens is 320 g/mol. The van der Waals surface area contributed by atoms with E-state index >= 15 is 0 Å². The van der Waals surface area contributed by atoms with Gasteiger partial charge in [0, 0.05) is 5.56 Å². The maximum Gasteiger partial charge on any atom is 0.336 e. The summed E-state index contributed by atoms with van der Waals surface area (Å²) in [6.45, 7) is 7.17. The summed E-state index contributed by atoms with van der Waals surface area (Å²) in [5.74, 6) is -0.698. The van der Waals surface area contributed by atoms with Gasteiger partial charge in [-0.2, -0.15) is 0 Å². The Morgan fingerprint density at radius 3 is 2.40 bits per heavy atom. The van der Waals surface area contributed by atoms with Crippen LogP contribution in [0.1, 0.15) is 48.8 Å². The van der Waals surface area contributed by atoms with E-state index in [1.165, 1.54) is 7.11 Å². The number of methoxy groups -OCH3 is 1. The summed E-state index contributed by atoms with van der Waals surface area (Å²) in [5.41, 5.74) is 0.851. The molecule has 6 heteroatoms. The first-order valence-electron chi connectivity index (χ1n) is 8.26. The van der Waals surface area contributed by atoms with Crippen molar-refractivity contribution >= 4 is 11.9 Å². The Morgan fingerprint density at radius 2 is 1.92 bits per heavy atom. The molecule has 1 aromatic heterocycles. The van der Waals surface area contributed by atoms with Crippen molar-refractivity contribution in [2.45, 2.75) is 45.6 Å². The predicted molar refractivity (Wildman–Crippen MR) is 93.0 cm³/mol. The van der Waals surface area contributed by atoms with Crippen molar-refractivity contribution in [3.05, 3.63) is 52.9 Å². The largest absolute Gasteiger partial charge is 0.467 e. The van der Waals surface area contributed by atoms with Gasteiger partial charge in [0.15, 0.2) is 5.54 Å². The van der Waals surface area contributed by atoms with Gasteiger partial charge in [0.2, 0.25) is 5.91 Å². The molecule has 2 rings (SSSR count). The maximum absolute atomic E-state index is 12.9. The van der Waals surface area contributed by atoms with E-state index in [0.29, 0.717) is 23.4 Å². The molecule has 1 aromatic carbocycles. The highest BCUT2D eigenvalue weighted by Crippen LogP contribution is 2.30. The van der Waals surface area contributed by atoms with E-state index < -0.39 is 17.4 Å². The number of carbonyl (C=O) groups excluding carboxylic acids is 2. The molecule has 2 aromatic rings. The zero-order chi connectivity index (χ0) is 18.6. The van der Waals surface area contributed by atoms with E-state index in [-0.39, 0.29) is 5.91 Å². The number of ether oxygens (including phenoxy) is 1. The molecule has 0 radical (unpaired) electrons. The third-order valence-corrected chi connectivity index (χ3v) is 4.58. The van der Waals surface area contributed by atoms with Gasteiger partial charge < -0.3 is 14.6 Å². The summed E-state index contributed by atoms with van der Waals surface area (Å²) < 4.78 is 10.1. The van der Waals surface area contributed by atoms with Crippen LogP contribution in [0.4, 0.5) is 0 Å². The highest BCUT2D eigenvalue weighted by atomic mass is 16.5. The van der Waals surface area contributed by atoms with Gasteiger partial charge in [-0.3, -0.25) is 4.79 Å². The first kappa shape index (κ1) is 18.7. The van der Waals surface area contributed by atoms with E-state index in [2.05, 4.69) is 10.5 Å². The summed E-state index contributed by atoms with van der Waals surface area (Å²) in [5, 5.41) is 6.81. The molecule has 0 aliphatic heterocycles.